The van der Waals surface area contributed by atoms with E-state index < -0.39 is 10.3 Å². The first kappa shape index (κ1) is 10.6. The summed E-state index contributed by atoms with van der Waals surface area (Å²) in [6, 6.07) is 5.09. The smallest absolute Gasteiger partial charge is 0.214 e. The van der Waals surface area contributed by atoms with Gasteiger partial charge >= 0.3 is 0 Å². The molecule has 0 aliphatic rings. The minimum absolute atomic E-state index is 0.614. The normalized spacial score (nSPS) is 9.29. The lowest BCUT2D eigenvalue weighted by Crippen LogP contribution is -1.95. The number of hydrogen-bond donors (Lipinski definition) is 1. The molecule has 0 saturated carbocycles. The molecule has 1 aromatic rings. The highest BCUT2D eigenvalue weighted by Gasteiger charge is 2.00. The number of hydrogen-bond acceptors (Lipinski definition) is 4. The van der Waals surface area contributed by atoms with Crippen LogP contribution in [0.25, 0.3) is 0 Å². The van der Waals surface area contributed by atoms with Crippen LogP contribution in [-0.4, -0.2) is 27.9 Å². The fraction of sp³-hybridized carbons (Fsp3) is 0.222. The van der Waals surface area contributed by atoms with Gasteiger partial charge in [0.05, 0.1) is 18.2 Å². The van der Waals surface area contributed by atoms with E-state index in [1.165, 1.54) is 0 Å². The van der Waals surface area contributed by atoms with E-state index in [1.54, 1.807) is 32.4 Å². The summed E-state index contributed by atoms with van der Waals surface area (Å²) >= 11 is 0. The summed E-state index contributed by atoms with van der Waals surface area (Å²) in [5.74, 6) is 0.682. The first-order chi connectivity index (χ1) is 6.67. The van der Waals surface area contributed by atoms with Crippen LogP contribution in [0, 0.1) is 0 Å². The SMILES string of the molecule is CNc1cc(C=S(=O)=O)ccc1OC. The van der Waals surface area contributed by atoms with Crippen LogP contribution in [0.5, 0.6) is 5.75 Å². The van der Waals surface area contributed by atoms with Crippen molar-refractivity contribution in [1.29, 1.82) is 0 Å². The van der Waals surface area contributed by atoms with Crippen LogP contribution in [0.1, 0.15) is 5.56 Å². The molecule has 0 aromatic heterocycles. The third kappa shape index (κ3) is 2.50. The van der Waals surface area contributed by atoms with Gasteiger partial charge in [0, 0.05) is 7.05 Å². The Labute approximate surface area is 84.1 Å². The van der Waals surface area contributed by atoms with Crippen molar-refractivity contribution in [2.45, 2.75) is 0 Å². The number of benzene rings is 1. The van der Waals surface area contributed by atoms with Gasteiger partial charge in [-0.15, -0.1) is 0 Å². The summed E-state index contributed by atoms with van der Waals surface area (Å²) in [5, 5.41) is 4.05. The molecule has 0 atom stereocenters. The Balaban J connectivity index is 3.20. The van der Waals surface area contributed by atoms with Gasteiger partial charge in [0.1, 0.15) is 5.75 Å². The van der Waals surface area contributed by atoms with Crippen LogP contribution in [-0.2, 0) is 10.3 Å². The van der Waals surface area contributed by atoms with Crippen LogP contribution < -0.4 is 10.1 Å². The van der Waals surface area contributed by atoms with Gasteiger partial charge in [-0.2, -0.15) is 8.42 Å². The number of rotatable bonds is 3. The lowest BCUT2D eigenvalue weighted by molar-refractivity contribution is 0.416. The molecule has 0 fully saturated rings. The Kier molecular flexibility index (Phi) is 3.53. The summed E-state index contributed by atoms with van der Waals surface area (Å²) in [4.78, 5) is 0. The quantitative estimate of drug-likeness (QED) is 0.753. The molecule has 0 heterocycles. The van der Waals surface area contributed by atoms with E-state index in [4.69, 9.17) is 4.74 Å². The third-order valence-corrected chi connectivity index (χ3v) is 2.19. The summed E-state index contributed by atoms with van der Waals surface area (Å²) in [7, 11) is 1.13. The molecule has 0 unspecified atom stereocenters. The van der Waals surface area contributed by atoms with Crippen molar-refractivity contribution < 1.29 is 13.2 Å². The molecular weight excluding hydrogens is 202 g/mol. The molecule has 0 aliphatic heterocycles. The van der Waals surface area contributed by atoms with Crippen LogP contribution in [0.15, 0.2) is 18.2 Å². The maximum absolute atomic E-state index is 10.4. The predicted molar refractivity (Wildman–Crippen MR) is 56.6 cm³/mol. The molecule has 0 aliphatic carbocycles. The molecule has 1 N–H and O–H groups in total. The van der Waals surface area contributed by atoms with Gasteiger partial charge in [-0.25, -0.2) is 0 Å². The van der Waals surface area contributed by atoms with E-state index in [-0.39, 0.29) is 0 Å². The van der Waals surface area contributed by atoms with Gasteiger partial charge < -0.3 is 10.1 Å². The van der Waals surface area contributed by atoms with Gasteiger partial charge in [-0.3, -0.25) is 0 Å². The van der Waals surface area contributed by atoms with Crippen LogP contribution in [0.2, 0.25) is 0 Å². The fourth-order valence-corrected chi connectivity index (χ4v) is 1.47. The number of ether oxygens (including phenoxy) is 1. The van der Waals surface area contributed by atoms with E-state index in [0.29, 0.717) is 11.3 Å². The lowest BCUT2D eigenvalue weighted by atomic mass is 10.2. The molecule has 1 aromatic carbocycles. The first-order valence-corrected chi connectivity index (χ1v) is 5.10. The molecular formula is C9H11NO3S. The molecule has 14 heavy (non-hydrogen) atoms. The topological polar surface area (TPSA) is 55.4 Å². The molecule has 1 rings (SSSR count). The fourth-order valence-electron chi connectivity index (χ4n) is 1.11. The lowest BCUT2D eigenvalue weighted by Gasteiger charge is -2.07. The minimum Gasteiger partial charge on any atom is -0.495 e. The molecule has 0 amide bonds. The number of anilines is 1. The first-order valence-electron chi connectivity index (χ1n) is 3.96. The summed E-state index contributed by atoms with van der Waals surface area (Å²) in [5.41, 5.74) is 1.37. The van der Waals surface area contributed by atoms with Gasteiger partial charge in [0.2, 0.25) is 10.3 Å². The Morgan fingerprint density at radius 3 is 2.64 bits per heavy atom. The second-order valence-corrected chi connectivity index (χ2v) is 3.34. The van der Waals surface area contributed by atoms with Crippen molar-refractivity contribution in [2.75, 3.05) is 19.5 Å². The molecule has 0 radical (unpaired) electrons. The average molecular weight is 213 g/mol. The van der Waals surface area contributed by atoms with Gasteiger partial charge in [0.15, 0.2) is 0 Å². The number of methoxy groups -OCH3 is 1. The Morgan fingerprint density at radius 1 is 1.43 bits per heavy atom. The number of nitrogens with one attached hydrogen (secondary N) is 1. The van der Waals surface area contributed by atoms with E-state index in [0.717, 1.165) is 11.1 Å². The summed E-state index contributed by atoms with van der Waals surface area (Å²) < 4.78 is 25.9. The predicted octanol–water partition coefficient (Wildman–Crippen LogP) is 0.766. The van der Waals surface area contributed by atoms with Crippen molar-refractivity contribution in [1.82, 2.24) is 0 Å². The highest BCUT2D eigenvalue weighted by Crippen LogP contribution is 2.23. The molecule has 0 saturated heterocycles. The van der Waals surface area contributed by atoms with E-state index in [2.05, 4.69) is 5.32 Å². The second kappa shape index (κ2) is 4.66. The van der Waals surface area contributed by atoms with Gasteiger partial charge in [-0.05, 0) is 17.7 Å². The van der Waals surface area contributed by atoms with Crippen LogP contribution in [0.3, 0.4) is 0 Å². The van der Waals surface area contributed by atoms with Crippen LogP contribution in [0.4, 0.5) is 5.69 Å². The Morgan fingerprint density at radius 2 is 2.14 bits per heavy atom. The van der Waals surface area contributed by atoms with E-state index in [9.17, 15) is 8.42 Å². The third-order valence-electron chi connectivity index (χ3n) is 1.73. The average Bonchev–Trinajstić information content (AvgIpc) is 2.16. The van der Waals surface area contributed by atoms with Crippen molar-refractivity contribution in [3.8, 4) is 5.75 Å². The van der Waals surface area contributed by atoms with Crippen molar-refractivity contribution in [3.05, 3.63) is 23.8 Å². The van der Waals surface area contributed by atoms with E-state index in [1.807, 2.05) is 0 Å². The maximum atomic E-state index is 10.4. The zero-order valence-corrected chi connectivity index (χ0v) is 8.76. The summed E-state index contributed by atoms with van der Waals surface area (Å²) in [6.07, 6.45) is 0. The molecule has 4 nitrogen and oxygen atoms in total. The van der Waals surface area contributed by atoms with Gasteiger partial charge in [0.25, 0.3) is 0 Å². The standard InChI is InChI=1S/C9H11NO3S/c1-10-8-5-7(6-14(11)12)3-4-9(8)13-2/h3-6,10H,1-2H3. The maximum Gasteiger partial charge on any atom is 0.214 e. The van der Waals surface area contributed by atoms with Crippen molar-refractivity contribution in [3.63, 3.8) is 0 Å². The highest BCUT2D eigenvalue weighted by atomic mass is 32.2. The largest absolute Gasteiger partial charge is 0.495 e. The second-order valence-electron chi connectivity index (χ2n) is 2.59. The molecule has 76 valence electrons. The summed E-state index contributed by atoms with van der Waals surface area (Å²) in [6.45, 7) is 0. The van der Waals surface area contributed by atoms with Crippen molar-refractivity contribution in [2.24, 2.45) is 0 Å². The zero-order chi connectivity index (χ0) is 10.6. The molecule has 5 heteroatoms. The highest BCUT2D eigenvalue weighted by molar-refractivity contribution is 7.71. The zero-order valence-electron chi connectivity index (χ0n) is 7.94. The molecule has 0 bridgehead atoms. The monoisotopic (exact) mass is 213 g/mol. The van der Waals surface area contributed by atoms with Crippen LogP contribution >= 0.6 is 0 Å². The van der Waals surface area contributed by atoms with E-state index >= 15 is 0 Å². The van der Waals surface area contributed by atoms with Crippen molar-refractivity contribution >= 4 is 21.3 Å². The minimum atomic E-state index is -2.18. The Bertz CT molecular complexity index is 443. The van der Waals surface area contributed by atoms with Gasteiger partial charge in [-0.1, -0.05) is 6.07 Å². The Hall–Kier alpha value is -1.49. The molecule has 0 spiro atoms.